The highest BCUT2D eigenvalue weighted by atomic mass is 16.4. The standard InChI is InChI=1S/C11H22N2O3/c1-11(2,3)9-8(4-12)7(6-14)5-13(9)10(15)16/h7-9,14H,4-6,12H2,1-3H3,(H,15,16). The molecule has 1 aliphatic heterocycles. The van der Waals surface area contributed by atoms with Crippen molar-refractivity contribution in [3.05, 3.63) is 0 Å². The highest BCUT2D eigenvalue weighted by Gasteiger charge is 2.48. The van der Waals surface area contributed by atoms with Gasteiger partial charge < -0.3 is 20.8 Å². The van der Waals surface area contributed by atoms with Crippen molar-refractivity contribution in [2.75, 3.05) is 19.7 Å². The summed E-state index contributed by atoms with van der Waals surface area (Å²) in [5, 5.41) is 18.5. The second kappa shape index (κ2) is 4.59. The molecule has 0 aromatic rings. The number of amides is 1. The summed E-state index contributed by atoms with van der Waals surface area (Å²) in [5.74, 6) is 0.00595. The molecule has 0 aliphatic carbocycles. The van der Waals surface area contributed by atoms with Gasteiger partial charge in [0, 0.05) is 25.1 Å². The van der Waals surface area contributed by atoms with E-state index in [1.165, 1.54) is 4.90 Å². The minimum absolute atomic E-state index is 0.00176. The first-order chi connectivity index (χ1) is 7.32. The van der Waals surface area contributed by atoms with Crippen molar-refractivity contribution in [1.29, 1.82) is 0 Å². The number of carboxylic acid groups (broad SMARTS) is 1. The highest BCUT2D eigenvalue weighted by molar-refractivity contribution is 5.66. The van der Waals surface area contributed by atoms with Gasteiger partial charge in [-0.3, -0.25) is 0 Å². The maximum atomic E-state index is 11.2. The van der Waals surface area contributed by atoms with E-state index in [0.717, 1.165) is 0 Å². The number of nitrogens with two attached hydrogens (primary N) is 1. The number of hydrogen-bond donors (Lipinski definition) is 3. The van der Waals surface area contributed by atoms with Crippen molar-refractivity contribution < 1.29 is 15.0 Å². The Morgan fingerprint density at radius 2 is 2.06 bits per heavy atom. The Hall–Kier alpha value is -0.810. The number of hydrogen-bond acceptors (Lipinski definition) is 3. The van der Waals surface area contributed by atoms with Gasteiger partial charge in [0.25, 0.3) is 0 Å². The molecule has 0 saturated carbocycles. The molecule has 1 amide bonds. The lowest BCUT2D eigenvalue weighted by atomic mass is 9.77. The summed E-state index contributed by atoms with van der Waals surface area (Å²) in [6.07, 6.45) is -0.922. The molecule has 16 heavy (non-hydrogen) atoms. The van der Waals surface area contributed by atoms with Crippen molar-refractivity contribution in [1.82, 2.24) is 4.90 Å². The molecular weight excluding hydrogens is 208 g/mol. The van der Waals surface area contributed by atoms with E-state index in [9.17, 15) is 15.0 Å². The first-order valence-corrected chi connectivity index (χ1v) is 5.63. The summed E-state index contributed by atoms with van der Waals surface area (Å²) < 4.78 is 0. The van der Waals surface area contributed by atoms with Gasteiger partial charge in [-0.2, -0.15) is 0 Å². The molecule has 0 radical (unpaired) electrons. The average molecular weight is 230 g/mol. The summed E-state index contributed by atoms with van der Waals surface area (Å²) in [4.78, 5) is 12.6. The summed E-state index contributed by atoms with van der Waals surface area (Å²) in [7, 11) is 0. The third-order valence-corrected chi connectivity index (χ3v) is 3.42. The van der Waals surface area contributed by atoms with Crippen LogP contribution in [0.4, 0.5) is 4.79 Å². The Kier molecular flexibility index (Phi) is 3.80. The van der Waals surface area contributed by atoms with Crippen LogP contribution in [0.15, 0.2) is 0 Å². The Morgan fingerprint density at radius 3 is 2.38 bits per heavy atom. The second-order valence-corrected chi connectivity index (χ2v) is 5.59. The smallest absolute Gasteiger partial charge is 0.407 e. The summed E-state index contributed by atoms with van der Waals surface area (Å²) in [6, 6.07) is -0.118. The Labute approximate surface area is 96.2 Å². The third kappa shape index (κ3) is 2.30. The van der Waals surface area contributed by atoms with Crippen molar-refractivity contribution >= 4 is 6.09 Å². The van der Waals surface area contributed by atoms with Crippen molar-refractivity contribution in [3.8, 4) is 0 Å². The normalized spacial score (nSPS) is 30.8. The fourth-order valence-corrected chi connectivity index (χ4v) is 2.81. The maximum absolute atomic E-state index is 11.2. The molecule has 0 spiro atoms. The van der Waals surface area contributed by atoms with Gasteiger partial charge in [-0.15, -0.1) is 0 Å². The zero-order chi connectivity index (χ0) is 12.5. The molecule has 1 aliphatic rings. The molecule has 3 unspecified atom stereocenters. The van der Waals surface area contributed by atoms with Gasteiger partial charge in [-0.05, 0) is 17.9 Å². The Morgan fingerprint density at radius 1 is 1.50 bits per heavy atom. The van der Waals surface area contributed by atoms with E-state index in [4.69, 9.17) is 5.73 Å². The Balaban J connectivity index is 3.00. The zero-order valence-electron chi connectivity index (χ0n) is 10.2. The molecule has 0 bridgehead atoms. The van der Waals surface area contributed by atoms with Gasteiger partial charge in [-0.25, -0.2) is 4.79 Å². The predicted molar refractivity (Wildman–Crippen MR) is 61.1 cm³/mol. The van der Waals surface area contributed by atoms with Crippen LogP contribution in [-0.4, -0.2) is 46.9 Å². The van der Waals surface area contributed by atoms with Crippen molar-refractivity contribution in [2.24, 2.45) is 23.0 Å². The van der Waals surface area contributed by atoms with E-state index in [-0.39, 0.29) is 29.9 Å². The number of aliphatic hydroxyl groups is 1. The van der Waals surface area contributed by atoms with E-state index in [1.54, 1.807) is 0 Å². The number of rotatable bonds is 2. The van der Waals surface area contributed by atoms with E-state index >= 15 is 0 Å². The SMILES string of the molecule is CC(C)(C)C1C(CN)C(CO)CN1C(=O)O. The van der Waals surface area contributed by atoms with Gasteiger partial charge in [-0.1, -0.05) is 20.8 Å². The fourth-order valence-electron chi connectivity index (χ4n) is 2.81. The second-order valence-electron chi connectivity index (χ2n) is 5.59. The maximum Gasteiger partial charge on any atom is 0.407 e. The molecule has 1 heterocycles. The van der Waals surface area contributed by atoms with E-state index in [2.05, 4.69) is 0 Å². The van der Waals surface area contributed by atoms with E-state index in [1.807, 2.05) is 20.8 Å². The number of carbonyl (C=O) groups is 1. The van der Waals surface area contributed by atoms with Gasteiger partial charge in [0.15, 0.2) is 0 Å². The predicted octanol–water partition coefficient (Wildman–Crippen LogP) is 0.578. The number of likely N-dealkylation sites (tertiary alicyclic amines) is 1. The largest absolute Gasteiger partial charge is 0.465 e. The minimum Gasteiger partial charge on any atom is -0.465 e. The number of aliphatic hydroxyl groups excluding tert-OH is 1. The van der Waals surface area contributed by atoms with Crippen LogP contribution in [0.25, 0.3) is 0 Å². The van der Waals surface area contributed by atoms with Gasteiger partial charge in [0.05, 0.1) is 0 Å². The lowest BCUT2D eigenvalue weighted by Crippen LogP contribution is -2.47. The first-order valence-electron chi connectivity index (χ1n) is 5.63. The zero-order valence-corrected chi connectivity index (χ0v) is 10.2. The molecule has 5 heteroatoms. The average Bonchev–Trinajstić information content (AvgIpc) is 2.55. The van der Waals surface area contributed by atoms with Crippen LogP contribution in [0.5, 0.6) is 0 Å². The summed E-state index contributed by atoms with van der Waals surface area (Å²) in [5.41, 5.74) is 5.56. The first kappa shape index (κ1) is 13.3. The van der Waals surface area contributed by atoms with E-state index < -0.39 is 6.09 Å². The molecule has 94 valence electrons. The quantitative estimate of drug-likeness (QED) is 0.647. The topological polar surface area (TPSA) is 86.8 Å². The van der Waals surface area contributed by atoms with Crippen LogP contribution in [-0.2, 0) is 0 Å². The summed E-state index contributed by atoms with van der Waals surface area (Å²) in [6.45, 7) is 6.83. The van der Waals surface area contributed by atoms with E-state index in [0.29, 0.717) is 13.1 Å². The molecule has 1 saturated heterocycles. The molecule has 4 N–H and O–H groups in total. The van der Waals surface area contributed by atoms with Crippen LogP contribution in [0, 0.1) is 17.3 Å². The molecular formula is C11H22N2O3. The lowest BCUT2D eigenvalue weighted by molar-refractivity contribution is 0.0912. The number of nitrogens with zero attached hydrogens (tertiary/aromatic N) is 1. The van der Waals surface area contributed by atoms with Crippen LogP contribution in [0.2, 0.25) is 0 Å². The van der Waals surface area contributed by atoms with Gasteiger partial charge in [0.2, 0.25) is 0 Å². The van der Waals surface area contributed by atoms with Crippen molar-refractivity contribution in [2.45, 2.75) is 26.8 Å². The van der Waals surface area contributed by atoms with Crippen LogP contribution >= 0.6 is 0 Å². The van der Waals surface area contributed by atoms with Gasteiger partial charge >= 0.3 is 6.09 Å². The molecule has 0 aromatic heterocycles. The fraction of sp³-hybridized carbons (Fsp3) is 0.909. The molecule has 1 fully saturated rings. The minimum atomic E-state index is -0.922. The summed E-state index contributed by atoms with van der Waals surface area (Å²) >= 11 is 0. The molecule has 0 aromatic carbocycles. The van der Waals surface area contributed by atoms with Crippen LogP contribution in [0.3, 0.4) is 0 Å². The Bertz CT molecular complexity index is 262. The highest BCUT2D eigenvalue weighted by Crippen LogP contribution is 2.39. The lowest BCUT2D eigenvalue weighted by Gasteiger charge is -2.37. The van der Waals surface area contributed by atoms with Crippen LogP contribution in [0.1, 0.15) is 20.8 Å². The van der Waals surface area contributed by atoms with Crippen LogP contribution < -0.4 is 5.73 Å². The van der Waals surface area contributed by atoms with Gasteiger partial charge in [0.1, 0.15) is 0 Å². The molecule has 3 atom stereocenters. The monoisotopic (exact) mass is 230 g/mol. The van der Waals surface area contributed by atoms with Crippen molar-refractivity contribution in [3.63, 3.8) is 0 Å². The molecule has 5 nitrogen and oxygen atoms in total. The third-order valence-electron chi connectivity index (χ3n) is 3.42. The molecule has 1 rings (SSSR count).